The summed E-state index contributed by atoms with van der Waals surface area (Å²) in [4.78, 5) is 13.3. The molecule has 0 radical (unpaired) electrons. The lowest BCUT2D eigenvalue weighted by Gasteiger charge is -2.22. The van der Waals surface area contributed by atoms with Crippen LogP contribution in [-0.4, -0.2) is 32.2 Å². The van der Waals surface area contributed by atoms with E-state index in [2.05, 4.69) is 20.7 Å². The fourth-order valence-electron chi connectivity index (χ4n) is 2.83. The van der Waals surface area contributed by atoms with Gasteiger partial charge in [-0.25, -0.2) is 4.39 Å². The number of amides is 1. The molecule has 1 N–H and O–H groups in total. The van der Waals surface area contributed by atoms with Crippen molar-refractivity contribution < 1.29 is 9.18 Å². The van der Waals surface area contributed by atoms with E-state index >= 15 is 0 Å². The number of benzene rings is 1. The highest BCUT2D eigenvalue weighted by molar-refractivity contribution is 5.76. The molecule has 0 bridgehead atoms. The lowest BCUT2D eigenvalue weighted by Crippen LogP contribution is -2.36. The minimum absolute atomic E-state index is 0.0153. The second-order valence-electron chi connectivity index (χ2n) is 5.87. The van der Waals surface area contributed by atoms with Crippen molar-refractivity contribution in [1.29, 1.82) is 0 Å². The van der Waals surface area contributed by atoms with Crippen LogP contribution < -0.4 is 5.32 Å². The summed E-state index contributed by atoms with van der Waals surface area (Å²) in [5.74, 6) is 0.0319. The van der Waals surface area contributed by atoms with E-state index in [0.29, 0.717) is 30.4 Å². The number of carbonyl (C=O) groups excluding carboxylic acids is 1. The van der Waals surface area contributed by atoms with Gasteiger partial charge in [-0.3, -0.25) is 4.79 Å². The fourth-order valence-corrected chi connectivity index (χ4v) is 2.83. The maximum atomic E-state index is 13.2. The lowest BCUT2D eigenvalue weighted by atomic mass is 9.95. The minimum Gasteiger partial charge on any atom is -0.353 e. The van der Waals surface area contributed by atoms with Crippen LogP contribution in [0, 0.1) is 5.82 Å². The van der Waals surface area contributed by atoms with Crippen molar-refractivity contribution in [2.75, 3.05) is 0 Å². The molecule has 1 aromatic heterocycles. The Morgan fingerprint density at radius 3 is 2.91 bits per heavy atom. The molecule has 0 unspecified atom stereocenters. The number of aryl methyl sites for hydroxylation is 1. The second-order valence-corrected chi connectivity index (χ2v) is 5.87. The number of nitrogens with one attached hydrogen (secondary N) is 1. The number of hydrogen-bond donors (Lipinski definition) is 1. The predicted octanol–water partition coefficient (Wildman–Crippen LogP) is 2.32. The van der Waals surface area contributed by atoms with Crippen molar-refractivity contribution >= 4 is 5.91 Å². The van der Waals surface area contributed by atoms with Crippen LogP contribution in [0.3, 0.4) is 0 Å². The number of hydrogen-bond acceptors (Lipinski definition) is 4. The van der Waals surface area contributed by atoms with Crippen molar-refractivity contribution in [2.24, 2.45) is 0 Å². The Balaban J connectivity index is 1.52. The molecular weight excluding hydrogens is 297 g/mol. The highest BCUT2D eigenvalue weighted by Gasteiger charge is 2.16. The molecule has 1 aliphatic carbocycles. The van der Waals surface area contributed by atoms with Gasteiger partial charge in [-0.05, 0) is 30.2 Å². The minimum atomic E-state index is -0.342. The molecule has 0 aliphatic heterocycles. The summed E-state index contributed by atoms with van der Waals surface area (Å²) in [6.07, 6.45) is 6.08. The average molecular weight is 317 g/mol. The molecule has 0 atom stereocenters. The molecule has 1 aromatic carbocycles. The zero-order valence-corrected chi connectivity index (χ0v) is 12.9. The van der Waals surface area contributed by atoms with Gasteiger partial charge < -0.3 is 5.32 Å². The normalized spacial score (nSPS) is 15.5. The molecule has 1 aliphatic rings. The van der Waals surface area contributed by atoms with Gasteiger partial charge in [0.25, 0.3) is 0 Å². The van der Waals surface area contributed by atoms with E-state index in [0.717, 1.165) is 12.8 Å². The van der Waals surface area contributed by atoms with Crippen molar-refractivity contribution in [3.63, 3.8) is 0 Å². The highest BCUT2D eigenvalue weighted by atomic mass is 19.1. The Morgan fingerprint density at radius 2 is 2.13 bits per heavy atom. The molecule has 7 heteroatoms. The Labute approximate surface area is 134 Å². The van der Waals surface area contributed by atoms with Crippen molar-refractivity contribution in [3.8, 4) is 11.4 Å². The first kappa shape index (κ1) is 15.6. The molecule has 2 aromatic rings. The molecule has 23 heavy (non-hydrogen) atoms. The number of carbonyl (C=O) groups is 1. The van der Waals surface area contributed by atoms with Gasteiger partial charge in [-0.2, -0.15) is 4.80 Å². The van der Waals surface area contributed by atoms with Gasteiger partial charge in [0.15, 0.2) is 0 Å². The smallest absolute Gasteiger partial charge is 0.222 e. The first-order chi connectivity index (χ1) is 11.2. The Kier molecular flexibility index (Phi) is 4.95. The van der Waals surface area contributed by atoms with E-state index in [1.54, 1.807) is 12.1 Å². The zero-order chi connectivity index (χ0) is 16.1. The van der Waals surface area contributed by atoms with Gasteiger partial charge >= 0.3 is 0 Å². The Hall–Kier alpha value is -2.31. The molecular formula is C16H20FN5O. The van der Waals surface area contributed by atoms with Gasteiger partial charge in [0.2, 0.25) is 11.7 Å². The summed E-state index contributed by atoms with van der Waals surface area (Å²) in [6, 6.07) is 6.35. The first-order valence-corrected chi connectivity index (χ1v) is 8.04. The number of nitrogens with zero attached hydrogens (tertiary/aromatic N) is 4. The third-order valence-corrected chi connectivity index (χ3v) is 4.04. The van der Waals surface area contributed by atoms with Crippen molar-refractivity contribution in [3.05, 3.63) is 30.1 Å². The van der Waals surface area contributed by atoms with Gasteiger partial charge in [-0.1, -0.05) is 31.4 Å². The number of halogens is 1. The van der Waals surface area contributed by atoms with E-state index < -0.39 is 0 Å². The summed E-state index contributed by atoms with van der Waals surface area (Å²) < 4.78 is 13.2. The van der Waals surface area contributed by atoms with E-state index in [1.807, 2.05) is 0 Å². The van der Waals surface area contributed by atoms with E-state index in [9.17, 15) is 9.18 Å². The quantitative estimate of drug-likeness (QED) is 0.918. The molecule has 1 saturated carbocycles. The molecule has 3 rings (SSSR count). The van der Waals surface area contributed by atoms with Crippen LogP contribution in [-0.2, 0) is 11.3 Å². The number of aromatic nitrogens is 4. The molecule has 1 fully saturated rings. The molecule has 6 nitrogen and oxygen atoms in total. The van der Waals surface area contributed by atoms with Crippen LogP contribution >= 0.6 is 0 Å². The molecule has 122 valence electrons. The van der Waals surface area contributed by atoms with Gasteiger partial charge in [0.05, 0.1) is 6.54 Å². The largest absolute Gasteiger partial charge is 0.353 e. The first-order valence-electron chi connectivity index (χ1n) is 8.04. The van der Waals surface area contributed by atoms with Gasteiger partial charge in [0, 0.05) is 18.0 Å². The van der Waals surface area contributed by atoms with E-state index in [1.165, 1.54) is 36.2 Å². The molecule has 1 amide bonds. The highest BCUT2D eigenvalue weighted by Crippen LogP contribution is 2.17. The average Bonchev–Trinajstić information content (AvgIpc) is 3.03. The summed E-state index contributed by atoms with van der Waals surface area (Å²) in [7, 11) is 0. The van der Waals surface area contributed by atoms with Crippen molar-refractivity contribution in [2.45, 2.75) is 51.1 Å². The molecule has 1 heterocycles. The Morgan fingerprint density at radius 1 is 1.30 bits per heavy atom. The third kappa shape index (κ3) is 4.34. The van der Waals surface area contributed by atoms with Crippen LogP contribution in [0.25, 0.3) is 11.4 Å². The number of rotatable bonds is 5. The van der Waals surface area contributed by atoms with Crippen molar-refractivity contribution in [1.82, 2.24) is 25.5 Å². The second kappa shape index (κ2) is 7.30. The van der Waals surface area contributed by atoms with Crippen LogP contribution in [0.4, 0.5) is 4.39 Å². The number of tetrazole rings is 1. The van der Waals surface area contributed by atoms with Crippen LogP contribution in [0.15, 0.2) is 24.3 Å². The maximum absolute atomic E-state index is 13.2. The lowest BCUT2D eigenvalue weighted by molar-refractivity contribution is -0.122. The predicted molar refractivity (Wildman–Crippen MR) is 82.8 cm³/mol. The van der Waals surface area contributed by atoms with Gasteiger partial charge in [-0.15, -0.1) is 10.2 Å². The maximum Gasteiger partial charge on any atom is 0.222 e. The monoisotopic (exact) mass is 317 g/mol. The van der Waals surface area contributed by atoms with Crippen LogP contribution in [0.5, 0.6) is 0 Å². The standard InChI is InChI=1S/C16H20FN5O/c17-13-6-4-5-12(11-13)16-19-21-22(20-16)10-9-15(23)18-14-7-2-1-3-8-14/h4-6,11,14H,1-3,7-10H2,(H,18,23). The topological polar surface area (TPSA) is 72.7 Å². The summed E-state index contributed by atoms with van der Waals surface area (Å²) >= 11 is 0. The molecule has 0 saturated heterocycles. The van der Waals surface area contributed by atoms with Crippen LogP contribution in [0.1, 0.15) is 38.5 Å². The summed E-state index contributed by atoms with van der Waals surface area (Å²) in [5.41, 5.74) is 0.572. The summed E-state index contributed by atoms with van der Waals surface area (Å²) in [5, 5.41) is 15.1. The van der Waals surface area contributed by atoms with Gasteiger partial charge in [0.1, 0.15) is 5.82 Å². The Bertz CT molecular complexity index is 666. The van der Waals surface area contributed by atoms with Crippen LogP contribution in [0.2, 0.25) is 0 Å². The zero-order valence-electron chi connectivity index (χ0n) is 12.9. The summed E-state index contributed by atoms with van der Waals surface area (Å²) in [6.45, 7) is 0.362. The molecule has 0 spiro atoms. The van der Waals surface area contributed by atoms with E-state index in [-0.39, 0.29) is 11.7 Å². The fraction of sp³-hybridized carbons (Fsp3) is 0.500. The SMILES string of the molecule is O=C(CCn1nnc(-c2cccc(F)c2)n1)NC1CCCCC1. The van der Waals surface area contributed by atoms with E-state index in [4.69, 9.17) is 0 Å². The third-order valence-electron chi connectivity index (χ3n) is 4.04.